The Bertz CT molecular complexity index is 1050. The second kappa shape index (κ2) is 6.15. The van der Waals surface area contributed by atoms with Crippen molar-refractivity contribution in [3.05, 3.63) is 41.6 Å². The summed E-state index contributed by atoms with van der Waals surface area (Å²) in [6, 6.07) is 4.59. The highest BCUT2D eigenvalue weighted by Crippen LogP contribution is 2.44. The fourth-order valence-corrected chi connectivity index (χ4v) is 3.25. The van der Waals surface area contributed by atoms with Crippen LogP contribution in [0.5, 0.6) is 5.75 Å². The minimum Gasteiger partial charge on any atom is -0.476 e. The SMILES string of the molecule is Cc1nc(N2C(=O)C(C)(C)Oc3cc(NS(C)(=O)=O)cc(F)c32)ccc1F. The maximum atomic E-state index is 14.8. The van der Waals surface area contributed by atoms with Crippen LogP contribution in [0.2, 0.25) is 0 Å². The van der Waals surface area contributed by atoms with Crippen molar-refractivity contribution in [1.29, 1.82) is 0 Å². The predicted octanol–water partition coefficient (Wildman–Crippen LogP) is 2.88. The molecule has 0 bridgehead atoms. The van der Waals surface area contributed by atoms with Crippen molar-refractivity contribution >= 4 is 33.1 Å². The molecule has 0 atom stereocenters. The molecule has 27 heavy (non-hydrogen) atoms. The smallest absolute Gasteiger partial charge is 0.276 e. The number of hydrogen-bond donors (Lipinski definition) is 1. The van der Waals surface area contributed by atoms with E-state index in [-0.39, 0.29) is 28.6 Å². The van der Waals surface area contributed by atoms with Crippen LogP contribution in [0.25, 0.3) is 0 Å². The van der Waals surface area contributed by atoms with E-state index < -0.39 is 33.2 Å². The first-order valence-corrected chi connectivity index (χ1v) is 9.76. The van der Waals surface area contributed by atoms with Crippen LogP contribution in [0.15, 0.2) is 24.3 Å². The Morgan fingerprint density at radius 2 is 1.85 bits per heavy atom. The van der Waals surface area contributed by atoms with Gasteiger partial charge in [0.15, 0.2) is 11.4 Å². The fourth-order valence-electron chi connectivity index (χ4n) is 2.70. The molecule has 0 aliphatic carbocycles. The Morgan fingerprint density at radius 3 is 2.44 bits per heavy atom. The highest BCUT2D eigenvalue weighted by Gasteiger charge is 2.44. The van der Waals surface area contributed by atoms with Gasteiger partial charge in [0, 0.05) is 12.1 Å². The zero-order valence-corrected chi connectivity index (χ0v) is 15.8. The minimum atomic E-state index is -3.64. The zero-order chi connectivity index (χ0) is 20.1. The quantitative estimate of drug-likeness (QED) is 0.860. The van der Waals surface area contributed by atoms with Crippen molar-refractivity contribution < 1.29 is 26.7 Å². The molecule has 7 nitrogen and oxygen atoms in total. The van der Waals surface area contributed by atoms with Crippen molar-refractivity contribution in [3.8, 4) is 5.75 Å². The standard InChI is InChI=1S/C17H17F2N3O4S/c1-9-11(18)5-6-14(20-9)22-15-12(19)7-10(21-27(4,24)25)8-13(15)26-17(2,3)16(22)23/h5-8,21H,1-4H3. The van der Waals surface area contributed by atoms with Crippen molar-refractivity contribution in [2.75, 3.05) is 15.9 Å². The molecule has 1 N–H and O–H groups in total. The van der Waals surface area contributed by atoms with Gasteiger partial charge in [-0.15, -0.1) is 0 Å². The van der Waals surface area contributed by atoms with E-state index in [1.807, 2.05) is 0 Å². The van der Waals surface area contributed by atoms with Crippen molar-refractivity contribution in [2.24, 2.45) is 0 Å². The zero-order valence-electron chi connectivity index (χ0n) is 15.0. The third-order valence-corrected chi connectivity index (χ3v) is 4.48. The molecule has 2 aromatic rings. The molecule has 0 saturated heterocycles. The number of aromatic nitrogens is 1. The van der Waals surface area contributed by atoms with Crippen LogP contribution >= 0.6 is 0 Å². The van der Waals surface area contributed by atoms with Crippen LogP contribution in [0.1, 0.15) is 19.5 Å². The molecule has 144 valence electrons. The van der Waals surface area contributed by atoms with Gasteiger partial charge in [-0.05, 0) is 32.9 Å². The Kier molecular flexibility index (Phi) is 4.34. The van der Waals surface area contributed by atoms with E-state index in [4.69, 9.17) is 4.74 Å². The molecule has 1 amide bonds. The van der Waals surface area contributed by atoms with E-state index >= 15 is 0 Å². The minimum absolute atomic E-state index is 0.0271. The van der Waals surface area contributed by atoms with Gasteiger partial charge in [-0.25, -0.2) is 22.2 Å². The Balaban J connectivity index is 2.21. The van der Waals surface area contributed by atoms with Crippen LogP contribution in [0.4, 0.5) is 26.0 Å². The average molecular weight is 397 g/mol. The molecule has 1 aliphatic rings. The number of rotatable bonds is 3. The van der Waals surface area contributed by atoms with E-state index in [1.165, 1.54) is 32.9 Å². The van der Waals surface area contributed by atoms with Gasteiger partial charge in [0.05, 0.1) is 17.6 Å². The molecular formula is C17H17F2N3O4S. The number of sulfonamides is 1. The number of benzene rings is 1. The van der Waals surface area contributed by atoms with E-state index in [2.05, 4.69) is 9.71 Å². The summed E-state index contributed by atoms with van der Waals surface area (Å²) in [6.07, 6.45) is 0.927. The molecule has 2 heterocycles. The maximum absolute atomic E-state index is 14.8. The lowest BCUT2D eigenvalue weighted by Crippen LogP contribution is -2.51. The Hall–Kier alpha value is -2.75. The fraction of sp³-hybridized carbons (Fsp3) is 0.294. The van der Waals surface area contributed by atoms with Crippen LogP contribution in [-0.4, -0.2) is 31.2 Å². The van der Waals surface area contributed by atoms with Crippen LogP contribution in [-0.2, 0) is 14.8 Å². The van der Waals surface area contributed by atoms with E-state index in [9.17, 15) is 22.0 Å². The summed E-state index contributed by atoms with van der Waals surface area (Å²) in [5.74, 6) is -2.08. The van der Waals surface area contributed by atoms with Gasteiger partial charge in [0.25, 0.3) is 5.91 Å². The molecule has 0 unspecified atom stereocenters. The summed E-state index contributed by atoms with van der Waals surface area (Å²) in [7, 11) is -3.64. The third-order valence-electron chi connectivity index (χ3n) is 3.87. The van der Waals surface area contributed by atoms with E-state index in [1.54, 1.807) is 0 Å². The largest absolute Gasteiger partial charge is 0.476 e. The van der Waals surface area contributed by atoms with Gasteiger partial charge in [-0.1, -0.05) is 0 Å². The summed E-state index contributed by atoms with van der Waals surface area (Å²) in [5.41, 5.74) is -1.62. The lowest BCUT2D eigenvalue weighted by molar-refractivity contribution is -0.131. The van der Waals surface area contributed by atoms with Gasteiger partial charge in [0.2, 0.25) is 10.0 Å². The maximum Gasteiger partial charge on any atom is 0.276 e. The van der Waals surface area contributed by atoms with Crippen LogP contribution in [0, 0.1) is 18.6 Å². The number of carbonyl (C=O) groups excluding carboxylic acids is 1. The normalized spacial score (nSPS) is 15.9. The molecule has 3 rings (SSSR count). The molecule has 1 aromatic carbocycles. The lowest BCUT2D eigenvalue weighted by Gasteiger charge is -2.38. The average Bonchev–Trinajstić information content (AvgIpc) is 2.50. The number of hydrogen-bond acceptors (Lipinski definition) is 5. The number of carbonyl (C=O) groups is 1. The number of nitrogens with one attached hydrogen (secondary N) is 1. The molecular weight excluding hydrogens is 380 g/mol. The number of amides is 1. The van der Waals surface area contributed by atoms with Crippen LogP contribution < -0.4 is 14.4 Å². The Labute approximate surface area is 155 Å². The number of halogens is 2. The number of anilines is 3. The molecule has 0 spiro atoms. The molecule has 1 aliphatic heterocycles. The number of aryl methyl sites for hydroxylation is 1. The summed E-state index contributed by atoms with van der Waals surface area (Å²) in [4.78, 5) is 17.9. The van der Waals surface area contributed by atoms with Gasteiger partial charge in [-0.2, -0.15) is 0 Å². The topological polar surface area (TPSA) is 88.6 Å². The first-order chi connectivity index (χ1) is 12.4. The van der Waals surface area contributed by atoms with Crippen molar-refractivity contribution in [2.45, 2.75) is 26.4 Å². The first kappa shape index (κ1) is 19.0. The van der Waals surface area contributed by atoms with Crippen molar-refractivity contribution in [1.82, 2.24) is 4.98 Å². The lowest BCUT2D eigenvalue weighted by atomic mass is 10.0. The summed E-state index contributed by atoms with van der Waals surface area (Å²) in [5, 5.41) is 0. The third kappa shape index (κ3) is 3.57. The Morgan fingerprint density at radius 1 is 1.19 bits per heavy atom. The molecule has 0 radical (unpaired) electrons. The van der Waals surface area contributed by atoms with Crippen LogP contribution in [0.3, 0.4) is 0 Å². The number of pyridine rings is 1. The molecule has 0 saturated carbocycles. The summed E-state index contributed by atoms with van der Waals surface area (Å²) >= 11 is 0. The molecule has 0 fully saturated rings. The second-order valence-corrected chi connectivity index (χ2v) is 8.42. The van der Waals surface area contributed by atoms with Gasteiger partial charge < -0.3 is 4.74 Å². The number of fused-ring (bicyclic) bond motifs is 1. The highest BCUT2D eigenvalue weighted by molar-refractivity contribution is 7.92. The second-order valence-electron chi connectivity index (χ2n) is 6.67. The highest BCUT2D eigenvalue weighted by atomic mass is 32.2. The number of nitrogens with zero attached hydrogens (tertiary/aromatic N) is 2. The summed E-state index contributed by atoms with van der Waals surface area (Å²) in [6.45, 7) is 4.39. The van der Waals surface area contributed by atoms with Gasteiger partial charge in [0.1, 0.15) is 23.1 Å². The predicted molar refractivity (Wildman–Crippen MR) is 95.7 cm³/mol. The monoisotopic (exact) mass is 397 g/mol. The van der Waals surface area contributed by atoms with Crippen molar-refractivity contribution in [3.63, 3.8) is 0 Å². The van der Waals surface area contributed by atoms with Gasteiger partial charge in [-0.3, -0.25) is 14.4 Å². The van der Waals surface area contributed by atoms with E-state index in [0.717, 1.165) is 23.3 Å². The summed E-state index contributed by atoms with van der Waals surface area (Å²) < 4.78 is 59.0. The molecule has 10 heteroatoms. The molecule has 1 aromatic heterocycles. The number of ether oxygens (including phenoxy) is 1. The van der Waals surface area contributed by atoms with Gasteiger partial charge >= 0.3 is 0 Å². The first-order valence-electron chi connectivity index (χ1n) is 7.87. The van der Waals surface area contributed by atoms with E-state index in [0.29, 0.717) is 0 Å².